The molecule has 2 nitrogen and oxygen atoms in total. The van der Waals surface area contributed by atoms with Gasteiger partial charge in [0.05, 0.1) is 10.7 Å². The molecule has 2 aromatic rings. The minimum Gasteiger partial charge on any atom is -0.320 e. The zero-order valence-corrected chi connectivity index (χ0v) is 17.4. The van der Waals surface area contributed by atoms with Crippen LogP contribution in [-0.4, -0.2) is 5.91 Å². The number of anilines is 1. The molecule has 0 aromatic heterocycles. The molecule has 2 rings (SSSR count). The van der Waals surface area contributed by atoms with Gasteiger partial charge < -0.3 is 5.32 Å². The van der Waals surface area contributed by atoms with Gasteiger partial charge in [-0.15, -0.1) is 0 Å². The van der Waals surface area contributed by atoms with Gasteiger partial charge in [0.15, 0.2) is 0 Å². The Morgan fingerprint density at radius 2 is 1.70 bits per heavy atom. The summed E-state index contributed by atoms with van der Waals surface area (Å²) in [6.07, 6.45) is 0. The summed E-state index contributed by atoms with van der Waals surface area (Å²) in [4.78, 5) is 12.2. The highest BCUT2D eigenvalue weighted by Gasteiger charge is 2.13. The molecule has 7 heteroatoms. The van der Waals surface area contributed by atoms with Gasteiger partial charge in [-0.05, 0) is 84.8 Å². The summed E-state index contributed by atoms with van der Waals surface area (Å²) >= 11 is 18.4. The molecule has 0 atom stereocenters. The van der Waals surface area contributed by atoms with Crippen molar-refractivity contribution in [1.29, 1.82) is 0 Å². The highest BCUT2D eigenvalue weighted by molar-refractivity contribution is 14.1. The van der Waals surface area contributed by atoms with E-state index in [9.17, 15) is 4.79 Å². The van der Waals surface area contributed by atoms with E-state index in [1.54, 1.807) is 12.1 Å². The lowest BCUT2D eigenvalue weighted by molar-refractivity contribution is 0.102. The van der Waals surface area contributed by atoms with E-state index >= 15 is 0 Å². The summed E-state index contributed by atoms with van der Waals surface area (Å²) in [5, 5.41) is 3.42. The van der Waals surface area contributed by atoms with E-state index in [4.69, 9.17) is 11.6 Å². The van der Waals surface area contributed by atoms with E-state index < -0.39 is 0 Å². The molecule has 0 aliphatic carbocycles. The summed E-state index contributed by atoms with van der Waals surface area (Å²) in [5.41, 5.74) is 1.19. The number of amides is 1. The molecule has 20 heavy (non-hydrogen) atoms. The maximum absolute atomic E-state index is 12.2. The van der Waals surface area contributed by atoms with Crippen LogP contribution in [0.3, 0.4) is 0 Å². The molecule has 0 aliphatic rings. The second kappa shape index (κ2) is 7.09. The molecule has 2 aromatic carbocycles. The first-order valence-electron chi connectivity index (χ1n) is 5.29. The van der Waals surface area contributed by atoms with Crippen LogP contribution in [0.1, 0.15) is 10.4 Å². The van der Waals surface area contributed by atoms with Crippen LogP contribution in [0.15, 0.2) is 43.7 Å². The fourth-order valence-electron chi connectivity index (χ4n) is 1.48. The molecule has 0 spiro atoms. The summed E-state index contributed by atoms with van der Waals surface area (Å²) < 4.78 is 3.38. The average molecular weight is 594 g/mol. The average Bonchev–Trinajstić information content (AvgIpc) is 2.36. The van der Waals surface area contributed by atoms with Gasteiger partial charge in [0.25, 0.3) is 5.91 Å². The molecule has 0 unspecified atom stereocenters. The molecule has 0 aliphatic heterocycles. The van der Waals surface area contributed by atoms with Crippen molar-refractivity contribution in [3.05, 3.63) is 57.9 Å². The molecular weight excluding hydrogens is 588 g/mol. The number of benzene rings is 2. The van der Waals surface area contributed by atoms with Gasteiger partial charge in [-0.1, -0.05) is 27.5 Å². The van der Waals surface area contributed by atoms with Crippen LogP contribution >= 0.6 is 82.0 Å². The van der Waals surface area contributed by atoms with Crippen molar-refractivity contribution >= 4 is 93.6 Å². The van der Waals surface area contributed by atoms with Crippen molar-refractivity contribution in [2.75, 3.05) is 5.32 Å². The first kappa shape index (κ1) is 16.7. The Hall–Kier alpha value is 0.370. The largest absolute Gasteiger partial charge is 0.320 e. The minimum atomic E-state index is -0.216. The molecule has 0 radical (unpaired) electrons. The van der Waals surface area contributed by atoms with Crippen molar-refractivity contribution < 1.29 is 4.79 Å². The number of hydrogen-bond donors (Lipinski definition) is 1. The Morgan fingerprint density at radius 1 is 1.10 bits per heavy atom. The summed E-state index contributed by atoms with van der Waals surface area (Å²) in [6, 6.07) is 8.93. The van der Waals surface area contributed by atoms with Crippen LogP contribution in [0.25, 0.3) is 0 Å². The van der Waals surface area contributed by atoms with Crippen LogP contribution in [0.5, 0.6) is 0 Å². The Labute approximate surface area is 160 Å². The van der Waals surface area contributed by atoms with Crippen LogP contribution in [0.4, 0.5) is 5.69 Å². The summed E-state index contributed by atoms with van der Waals surface area (Å²) in [5.74, 6) is -0.216. The summed E-state index contributed by atoms with van der Waals surface area (Å²) in [6.45, 7) is 0. The van der Waals surface area contributed by atoms with Gasteiger partial charge in [-0.3, -0.25) is 4.79 Å². The van der Waals surface area contributed by atoms with E-state index in [0.29, 0.717) is 16.3 Å². The first-order chi connectivity index (χ1) is 9.38. The number of rotatable bonds is 2. The van der Waals surface area contributed by atoms with Crippen LogP contribution < -0.4 is 5.32 Å². The Balaban J connectivity index is 2.30. The first-order valence-corrected chi connectivity index (χ1v) is 9.13. The Morgan fingerprint density at radius 3 is 2.25 bits per heavy atom. The van der Waals surface area contributed by atoms with Gasteiger partial charge in [-0.2, -0.15) is 0 Å². The molecule has 0 saturated carbocycles. The zero-order chi connectivity index (χ0) is 14.9. The van der Waals surface area contributed by atoms with Crippen molar-refractivity contribution in [3.8, 4) is 0 Å². The van der Waals surface area contributed by atoms with Gasteiger partial charge in [-0.25, -0.2) is 0 Å². The van der Waals surface area contributed by atoms with Crippen molar-refractivity contribution in [2.24, 2.45) is 0 Å². The lowest BCUT2D eigenvalue weighted by Gasteiger charge is -2.11. The second-order valence-electron chi connectivity index (χ2n) is 3.83. The maximum Gasteiger partial charge on any atom is 0.255 e. The Bertz CT molecular complexity index is 670. The van der Waals surface area contributed by atoms with Crippen LogP contribution in [-0.2, 0) is 0 Å². The molecule has 0 fully saturated rings. The van der Waals surface area contributed by atoms with Crippen LogP contribution in [0.2, 0.25) is 5.02 Å². The van der Waals surface area contributed by atoms with E-state index in [1.807, 2.05) is 18.2 Å². The second-order valence-corrected chi connectivity index (χ2v) is 8.02. The van der Waals surface area contributed by atoms with Crippen molar-refractivity contribution in [2.45, 2.75) is 0 Å². The number of halogens is 5. The van der Waals surface area contributed by atoms with Gasteiger partial charge >= 0.3 is 0 Å². The number of carbonyl (C=O) groups is 1. The quantitative estimate of drug-likeness (QED) is 0.397. The fraction of sp³-hybridized carbons (Fsp3) is 0. The SMILES string of the molecule is O=C(Nc1c(Br)cc(Br)cc1Br)c1ccc(I)c(Cl)c1. The predicted octanol–water partition coefficient (Wildman–Crippen LogP) is 6.48. The summed E-state index contributed by atoms with van der Waals surface area (Å²) in [7, 11) is 0. The molecule has 104 valence electrons. The fourth-order valence-corrected chi connectivity index (χ4v) is 4.46. The monoisotopic (exact) mass is 591 g/mol. The van der Waals surface area contributed by atoms with E-state index in [1.165, 1.54) is 0 Å². The molecule has 0 heterocycles. The highest BCUT2D eigenvalue weighted by Crippen LogP contribution is 2.34. The lowest BCUT2D eigenvalue weighted by atomic mass is 10.2. The molecule has 1 amide bonds. The molecule has 1 N–H and O–H groups in total. The third kappa shape index (κ3) is 3.97. The zero-order valence-electron chi connectivity index (χ0n) is 9.68. The lowest BCUT2D eigenvalue weighted by Crippen LogP contribution is -2.12. The van der Waals surface area contributed by atoms with E-state index in [2.05, 4.69) is 75.7 Å². The molecular formula is C13H6Br3ClINO. The van der Waals surface area contributed by atoms with Gasteiger partial charge in [0.2, 0.25) is 0 Å². The third-order valence-corrected chi connectivity index (χ3v) is 5.71. The van der Waals surface area contributed by atoms with Crippen LogP contribution in [0, 0.1) is 3.57 Å². The number of carbonyl (C=O) groups excluding carboxylic acids is 1. The number of nitrogens with one attached hydrogen (secondary N) is 1. The third-order valence-electron chi connectivity index (χ3n) is 2.43. The topological polar surface area (TPSA) is 29.1 Å². The van der Waals surface area contributed by atoms with E-state index in [0.717, 1.165) is 17.0 Å². The molecule has 0 bridgehead atoms. The van der Waals surface area contributed by atoms with Gasteiger partial charge in [0, 0.05) is 22.6 Å². The normalized spacial score (nSPS) is 10.4. The smallest absolute Gasteiger partial charge is 0.255 e. The minimum absolute atomic E-state index is 0.216. The number of hydrogen-bond acceptors (Lipinski definition) is 1. The standard InChI is InChI=1S/C13H6Br3ClINO/c14-7-4-8(15)12(9(16)5-7)19-13(20)6-1-2-11(18)10(17)3-6/h1-5H,(H,19,20). The van der Waals surface area contributed by atoms with Crippen molar-refractivity contribution in [1.82, 2.24) is 0 Å². The van der Waals surface area contributed by atoms with Crippen molar-refractivity contribution in [3.63, 3.8) is 0 Å². The van der Waals surface area contributed by atoms with Gasteiger partial charge in [0.1, 0.15) is 0 Å². The molecule has 0 saturated heterocycles. The van der Waals surface area contributed by atoms with E-state index in [-0.39, 0.29) is 5.91 Å². The predicted molar refractivity (Wildman–Crippen MR) is 102 cm³/mol. The Kier molecular flexibility index (Phi) is 5.93. The maximum atomic E-state index is 12.2. The highest BCUT2D eigenvalue weighted by atomic mass is 127.